The van der Waals surface area contributed by atoms with Gasteiger partial charge in [-0.15, -0.1) is 11.8 Å². The number of nitriles is 1. The second kappa shape index (κ2) is 4.46. The Morgan fingerprint density at radius 3 is 2.75 bits per heavy atom. The lowest BCUT2D eigenvalue weighted by Crippen LogP contribution is -2.22. The first-order valence-electron chi connectivity index (χ1n) is 4.77. The lowest BCUT2D eigenvalue weighted by atomic mass is 10.3. The van der Waals surface area contributed by atoms with Crippen LogP contribution < -0.4 is 0 Å². The monoisotopic (exact) mass is 250 g/mol. The Balaban J connectivity index is 2.50. The summed E-state index contributed by atoms with van der Waals surface area (Å²) in [6.45, 7) is 0. The molecule has 2 aliphatic rings. The zero-order valence-corrected chi connectivity index (χ0v) is 10.6. The molecule has 0 aromatic rings. The summed E-state index contributed by atoms with van der Waals surface area (Å²) in [5, 5.41) is 24.3. The third kappa shape index (κ3) is 1.71. The van der Waals surface area contributed by atoms with Gasteiger partial charge in [-0.25, -0.2) is 0 Å². The summed E-state index contributed by atoms with van der Waals surface area (Å²) in [4.78, 5) is 0. The minimum atomic E-state index is 0.0567. The zero-order chi connectivity index (χ0) is 11.7. The maximum absolute atomic E-state index is 8.90. The van der Waals surface area contributed by atoms with Gasteiger partial charge in [-0.1, -0.05) is 11.8 Å². The van der Waals surface area contributed by atoms with Gasteiger partial charge in [0.25, 0.3) is 5.04 Å². The molecule has 0 N–H and O–H groups in total. The topological polar surface area (TPSA) is 61.5 Å². The summed E-state index contributed by atoms with van der Waals surface area (Å²) in [6, 6.07) is 1.90. The number of hydrogen-bond donors (Lipinski definition) is 0. The number of hydrogen-bond acceptors (Lipinski definition) is 4. The van der Waals surface area contributed by atoms with Crippen LogP contribution in [0.15, 0.2) is 10.8 Å². The van der Waals surface area contributed by atoms with E-state index in [1.54, 1.807) is 23.5 Å². The summed E-state index contributed by atoms with van der Waals surface area (Å²) >= 11 is 3.18. The Kier molecular flexibility index (Phi) is 3.20. The van der Waals surface area contributed by atoms with Crippen LogP contribution in [0, 0.1) is 23.2 Å². The highest BCUT2D eigenvalue weighted by Crippen LogP contribution is 2.47. The minimum Gasteiger partial charge on any atom is -0.757 e. The Morgan fingerprint density at radius 1 is 1.50 bits per heavy atom. The van der Waals surface area contributed by atoms with Crippen LogP contribution in [0.3, 0.4) is 0 Å². The number of nitrogens with zero attached hydrogens (tertiary/aromatic N) is 4. The predicted octanol–water partition coefficient (Wildman–Crippen LogP) is 1.73. The van der Waals surface area contributed by atoms with Crippen molar-refractivity contribution in [1.29, 1.82) is 5.26 Å². The van der Waals surface area contributed by atoms with E-state index in [2.05, 4.69) is 5.10 Å². The summed E-state index contributed by atoms with van der Waals surface area (Å²) in [7, 11) is 0. The molecule has 0 saturated heterocycles. The molecule has 6 heteroatoms. The highest BCUT2D eigenvalue weighted by Gasteiger charge is 2.53. The van der Waals surface area contributed by atoms with E-state index in [0.29, 0.717) is 11.8 Å². The molecule has 0 bridgehead atoms. The molecule has 2 rings (SSSR count). The lowest BCUT2D eigenvalue weighted by molar-refractivity contribution is -0.473. The van der Waals surface area contributed by atoms with Gasteiger partial charge in [0.2, 0.25) is 0 Å². The smallest absolute Gasteiger partial charge is 0.336 e. The molecule has 2 unspecified atom stereocenters. The molecule has 0 spiro atoms. The van der Waals surface area contributed by atoms with Crippen molar-refractivity contribution >= 4 is 39.5 Å². The van der Waals surface area contributed by atoms with Crippen molar-refractivity contribution in [3.8, 4) is 6.07 Å². The van der Waals surface area contributed by atoms with Crippen molar-refractivity contribution in [1.82, 2.24) is 0 Å². The van der Waals surface area contributed by atoms with Gasteiger partial charge in [-0.05, 0) is 23.6 Å². The SMILES string of the molecule is CSC1=N[N+](C(=C=[N-])C#N)=C(SC)C2CC12. The van der Waals surface area contributed by atoms with Crippen LogP contribution in [0.5, 0.6) is 0 Å². The molecular weight excluding hydrogens is 240 g/mol. The fraction of sp³-hybridized carbons (Fsp3) is 0.500. The second-order valence-corrected chi connectivity index (χ2v) is 5.17. The van der Waals surface area contributed by atoms with E-state index in [4.69, 9.17) is 10.7 Å². The number of hydrazone groups is 1. The quantitative estimate of drug-likeness (QED) is 0.404. The van der Waals surface area contributed by atoms with E-state index in [0.717, 1.165) is 16.5 Å². The average Bonchev–Trinajstić information content (AvgIpc) is 3.09. The Hall–Kier alpha value is -1.02. The molecule has 0 radical (unpaired) electrons. The molecule has 1 fully saturated rings. The molecule has 82 valence electrons. The third-order valence-corrected chi connectivity index (χ3v) is 4.37. The summed E-state index contributed by atoms with van der Waals surface area (Å²) in [6.07, 6.45) is 5.04. The molecular formula is C10H10N4S2. The molecule has 0 amide bonds. The van der Waals surface area contributed by atoms with Crippen LogP contribution in [0.4, 0.5) is 0 Å². The summed E-state index contributed by atoms with van der Waals surface area (Å²) in [5.74, 6) is 2.89. The van der Waals surface area contributed by atoms with Crippen molar-refractivity contribution < 1.29 is 4.68 Å². The van der Waals surface area contributed by atoms with Gasteiger partial charge in [0.05, 0.1) is 5.92 Å². The molecule has 1 heterocycles. The van der Waals surface area contributed by atoms with Crippen molar-refractivity contribution in [3.63, 3.8) is 0 Å². The Labute approximate surface area is 103 Å². The van der Waals surface area contributed by atoms with Crippen molar-refractivity contribution in [2.75, 3.05) is 12.5 Å². The van der Waals surface area contributed by atoms with Gasteiger partial charge < -0.3 is 5.41 Å². The zero-order valence-electron chi connectivity index (χ0n) is 8.97. The van der Waals surface area contributed by atoms with Gasteiger partial charge in [0.15, 0.2) is 6.07 Å². The van der Waals surface area contributed by atoms with Crippen LogP contribution in [0.2, 0.25) is 0 Å². The maximum atomic E-state index is 8.90. The van der Waals surface area contributed by atoms with E-state index in [1.165, 1.54) is 4.68 Å². The van der Waals surface area contributed by atoms with Crippen molar-refractivity contribution in [3.05, 3.63) is 11.1 Å². The lowest BCUT2D eigenvalue weighted by Gasteiger charge is -2.07. The maximum Gasteiger partial charge on any atom is 0.336 e. The van der Waals surface area contributed by atoms with Gasteiger partial charge in [-0.2, -0.15) is 11.1 Å². The fourth-order valence-electron chi connectivity index (χ4n) is 1.83. The van der Waals surface area contributed by atoms with Crippen LogP contribution in [-0.2, 0) is 0 Å². The Morgan fingerprint density at radius 2 is 2.25 bits per heavy atom. The standard InChI is InChI=1S/C10H10N4S2/c1-15-9-7-3-8(7)10(16-2)14(13-9)6(4-11)5-12/h7-8H,3H2,1-2H3. The fourth-order valence-corrected chi connectivity index (χ4v) is 3.42. The second-order valence-electron chi connectivity index (χ2n) is 3.52. The first-order chi connectivity index (χ1) is 7.76. The molecule has 2 atom stereocenters. The molecule has 16 heavy (non-hydrogen) atoms. The van der Waals surface area contributed by atoms with E-state index in [9.17, 15) is 0 Å². The van der Waals surface area contributed by atoms with Gasteiger partial charge >= 0.3 is 5.70 Å². The van der Waals surface area contributed by atoms with E-state index in [-0.39, 0.29) is 5.70 Å². The largest absolute Gasteiger partial charge is 0.757 e. The first kappa shape index (κ1) is 11.5. The van der Waals surface area contributed by atoms with Gasteiger partial charge in [0, 0.05) is 11.0 Å². The van der Waals surface area contributed by atoms with E-state index < -0.39 is 0 Å². The molecule has 1 aliphatic carbocycles. The van der Waals surface area contributed by atoms with Crippen LogP contribution in [-0.4, -0.2) is 33.2 Å². The first-order valence-corrected chi connectivity index (χ1v) is 7.22. The third-order valence-electron chi connectivity index (χ3n) is 2.67. The number of allylic oxidation sites excluding steroid dienone is 1. The van der Waals surface area contributed by atoms with Gasteiger partial charge in [-0.3, -0.25) is 0 Å². The highest BCUT2D eigenvalue weighted by molar-refractivity contribution is 8.14. The van der Waals surface area contributed by atoms with Crippen LogP contribution in [0.1, 0.15) is 6.42 Å². The summed E-state index contributed by atoms with van der Waals surface area (Å²) in [5.41, 5.74) is 0.0567. The van der Waals surface area contributed by atoms with E-state index >= 15 is 0 Å². The van der Waals surface area contributed by atoms with Crippen LogP contribution in [0.25, 0.3) is 5.41 Å². The predicted molar refractivity (Wildman–Crippen MR) is 68.8 cm³/mol. The summed E-state index contributed by atoms with van der Waals surface area (Å²) < 4.78 is 1.52. The van der Waals surface area contributed by atoms with Crippen molar-refractivity contribution in [2.24, 2.45) is 16.9 Å². The Bertz CT molecular complexity index is 480. The molecule has 4 nitrogen and oxygen atoms in total. The molecule has 0 aromatic carbocycles. The van der Waals surface area contributed by atoms with Crippen molar-refractivity contribution in [2.45, 2.75) is 6.42 Å². The normalized spacial score (nSPS) is 26.4. The van der Waals surface area contributed by atoms with E-state index in [1.807, 2.05) is 24.5 Å². The highest BCUT2D eigenvalue weighted by atomic mass is 32.2. The number of thioether (sulfide) groups is 2. The average molecular weight is 250 g/mol. The number of fused-ring (bicyclic) bond motifs is 1. The molecule has 1 aliphatic heterocycles. The molecule has 1 saturated carbocycles. The van der Waals surface area contributed by atoms with Crippen LogP contribution >= 0.6 is 23.5 Å². The molecule has 0 aromatic heterocycles. The minimum absolute atomic E-state index is 0.0567. The van der Waals surface area contributed by atoms with Gasteiger partial charge in [0.1, 0.15) is 5.04 Å². The number of rotatable bonds is 1.